The Kier molecular flexibility index (Phi) is 2.32. The maximum Gasteiger partial charge on any atom is 0.144 e. The maximum atomic E-state index is 5.56. The molecule has 0 bridgehead atoms. The molecule has 0 saturated carbocycles. The number of nitrogens with zero attached hydrogens (tertiary/aromatic N) is 2. The summed E-state index contributed by atoms with van der Waals surface area (Å²) in [6, 6.07) is 0. The van der Waals surface area contributed by atoms with Crippen molar-refractivity contribution in [2.24, 2.45) is 0 Å². The molecule has 1 aromatic rings. The average molecular weight is 142 g/mol. The van der Waals surface area contributed by atoms with Gasteiger partial charge in [0.2, 0.25) is 0 Å². The predicted octanol–water partition coefficient (Wildman–Crippen LogP) is -0.812. The molecule has 2 nitrogen and oxygen atoms in total. The molecule has 0 aliphatic rings. The highest BCUT2D eigenvalue weighted by Crippen LogP contribution is 2.04. The molecule has 0 fully saturated rings. The second kappa shape index (κ2) is 3.07. The second-order valence-electron chi connectivity index (χ2n) is 2.72. The normalized spacial score (nSPS) is 10.5. The zero-order chi connectivity index (χ0) is 8.43. The molecule has 0 aromatic carbocycles. The van der Waals surface area contributed by atoms with Crippen LogP contribution in [0.4, 0.5) is 0 Å². The first-order valence-electron chi connectivity index (χ1n) is 3.49. The van der Waals surface area contributed by atoms with Crippen molar-refractivity contribution < 1.29 is 0 Å². The van der Waals surface area contributed by atoms with Crippen LogP contribution in [0.3, 0.4) is 0 Å². The Bertz CT molecular complexity index is 261. The van der Waals surface area contributed by atoms with Gasteiger partial charge in [-0.15, -0.1) is 0 Å². The number of aromatic nitrogens is 2. The van der Waals surface area contributed by atoms with Crippen molar-refractivity contribution in [3.8, 4) is 0 Å². The second-order valence-corrected chi connectivity index (χ2v) is 2.72. The summed E-state index contributed by atoms with van der Waals surface area (Å²) >= 11 is 0. The third kappa shape index (κ3) is 1.82. The van der Waals surface area contributed by atoms with Gasteiger partial charge < -0.3 is 0 Å². The summed E-state index contributed by atoms with van der Waals surface area (Å²) < 4.78 is 0. The fourth-order valence-electron chi connectivity index (χ4n) is 0.852. The minimum atomic E-state index is 0.269. The van der Waals surface area contributed by atoms with Crippen molar-refractivity contribution in [1.29, 1.82) is 0 Å². The molecule has 0 aliphatic carbocycles. The van der Waals surface area contributed by atoms with Crippen molar-refractivity contribution in [2.45, 2.75) is 19.8 Å². The predicted molar refractivity (Wildman–Crippen MR) is 46.9 cm³/mol. The van der Waals surface area contributed by atoms with Crippen LogP contribution >= 0.6 is 0 Å². The van der Waals surface area contributed by atoms with Crippen LogP contribution in [0.5, 0.6) is 0 Å². The fraction of sp³-hybridized carbons (Fsp3) is 0.429. The molecular formula is C7H8B2N2. The van der Waals surface area contributed by atoms with Crippen molar-refractivity contribution >= 4 is 26.9 Å². The molecule has 0 amide bonds. The topological polar surface area (TPSA) is 25.8 Å². The molecule has 0 aliphatic heterocycles. The van der Waals surface area contributed by atoms with Gasteiger partial charge in [0, 0.05) is 17.4 Å². The van der Waals surface area contributed by atoms with Gasteiger partial charge in [-0.05, 0) is 5.92 Å². The van der Waals surface area contributed by atoms with Gasteiger partial charge in [0.15, 0.2) is 0 Å². The summed E-state index contributed by atoms with van der Waals surface area (Å²) in [5.41, 5.74) is 1.65. The molecule has 52 valence electrons. The van der Waals surface area contributed by atoms with E-state index in [1.54, 1.807) is 0 Å². The highest BCUT2D eigenvalue weighted by atomic mass is 14.8. The molecule has 0 atom stereocenters. The molecule has 0 N–H and O–H groups in total. The Labute approximate surface area is 69.3 Å². The quantitative estimate of drug-likeness (QED) is 0.479. The highest BCUT2D eigenvalue weighted by molar-refractivity contribution is 6.33. The van der Waals surface area contributed by atoms with Crippen molar-refractivity contribution in [3.63, 3.8) is 0 Å². The van der Waals surface area contributed by atoms with E-state index in [9.17, 15) is 0 Å². The van der Waals surface area contributed by atoms with Crippen LogP contribution < -0.4 is 11.2 Å². The maximum absolute atomic E-state index is 5.56. The molecule has 11 heavy (non-hydrogen) atoms. The third-order valence-corrected chi connectivity index (χ3v) is 1.39. The van der Waals surface area contributed by atoms with E-state index in [2.05, 4.69) is 9.97 Å². The molecular weight excluding hydrogens is 134 g/mol. The SMILES string of the molecule is [B]c1cnc([B])c(C(C)C)n1. The van der Waals surface area contributed by atoms with Gasteiger partial charge >= 0.3 is 0 Å². The highest BCUT2D eigenvalue weighted by Gasteiger charge is 2.04. The summed E-state index contributed by atoms with van der Waals surface area (Å²) in [7, 11) is 11.0. The van der Waals surface area contributed by atoms with Crippen molar-refractivity contribution in [2.75, 3.05) is 0 Å². The van der Waals surface area contributed by atoms with E-state index in [-0.39, 0.29) is 5.92 Å². The summed E-state index contributed by atoms with van der Waals surface area (Å²) in [6.45, 7) is 4.00. The zero-order valence-electron chi connectivity index (χ0n) is 6.70. The van der Waals surface area contributed by atoms with E-state index < -0.39 is 0 Å². The number of hydrogen-bond acceptors (Lipinski definition) is 2. The van der Waals surface area contributed by atoms with E-state index in [1.165, 1.54) is 6.20 Å². The Morgan fingerprint density at radius 2 is 2.00 bits per heavy atom. The lowest BCUT2D eigenvalue weighted by Gasteiger charge is -2.08. The van der Waals surface area contributed by atoms with E-state index in [0.29, 0.717) is 11.2 Å². The zero-order valence-corrected chi connectivity index (χ0v) is 6.70. The Hall–Kier alpha value is -0.790. The monoisotopic (exact) mass is 142 g/mol. The summed E-state index contributed by atoms with van der Waals surface area (Å²) in [5, 5.41) is 0. The molecule has 0 spiro atoms. The van der Waals surface area contributed by atoms with Crippen LogP contribution in [-0.2, 0) is 0 Å². The van der Waals surface area contributed by atoms with Gasteiger partial charge in [-0.25, -0.2) is 0 Å². The van der Waals surface area contributed by atoms with Crippen LogP contribution in [-0.4, -0.2) is 25.7 Å². The summed E-state index contributed by atoms with van der Waals surface area (Å²) in [4.78, 5) is 7.95. The van der Waals surface area contributed by atoms with Crippen LogP contribution in [0.1, 0.15) is 25.5 Å². The summed E-state index contributed by atoms with van der Waals surface area (Å²) in [6.07, 6.45) is 1.46. The Balaban J connectivity index is 3.13. The van der Waals surface area contributed by atoms with Gasteiger partial charge in [0.1, 0.15) is 15.7 Å². The van der Waals surface area contributed by atoms with E-state index >= 15 is 0 Å². The van der Waals surface area contributed by atoms with Crippen LogP contribution in [0, 0.1) is 0 Å². The van der Waals surface area contributed by atoms with Crippen LogP contribution in [0.15, 0.2) is 6.20 Å². The van der Waals surface area contributed by atoms with Gasteiger partial charge in [-0.1, -0.05) is 13.8 Å². The largest absolute Gasteiger partial charge is 0.270 e. The molecule has 1 heterocycles. The first kappa shape index (κ1) is 8.31. The molecule has 4 radical (unpaired) electrons. The first-order valence-corrected chi connectivity index (χ1v) is 3.49. The smallest absolute Gasteiger partial charge is 0.144 e. The van der Waals surface area contributed by atoms with Gasteiger partial charge in [-0.2, -0.15) is 0 Å². The van der Waals surface area contributed by atoms with E-state index in [4.69, 9.17) is 15.7 Å². The average Bonchev–Trinajstić information content (AvgIpc) is 1.94. The standard InChI is InChI=1S/C7H8B2N2/c1-4(2)6-7(9)10-3-5(8)11-6/h3-4H,1-2H3. The minimum absolute atomic E-state index is 0.269. The number of hydrogen-bond donors (Lipinski definition) is 0. The minimum Gasteiger partial charge on any atom is -0.270 e. The Morgan fingerprint density at radius 1 is 1.36 bits per heavy atom. The lowest BCUT2D eigenvalue weighted by atomic mass is 9.94. The van der Waals surface area contributed by atoms with E-state index in [1.807, 2.05) is 13.8 Å². The van der Waals surface area contributed by atoms with Crippen molar-refractivity contribution in [1.82, 2.24) is 9.97 Å². The van der Waals surface area contributed by atoms with Gasteiger partial charge in [-0.3, -0.25) is 9.97 Å². The molecule has 1 rings (SSSR count). The Morgan fingerprint density at radius 3 is 2.45 bits per heavy atom. The lowest BCUT2D eigenvalue weighted by molar-refractivity contribution is 0.828. The van der Waals surface area contributed by atoms with Gasteiger partial charge in [0.05, 0.1) is 5.69 Å². The van der Waals surface area contributed by atoms with E-state index in [0.717, 1.165) is 5.69 Å². The van der Waals surface area contributed by atoms with Crippen LogP contribution in [0.2, 0.25) is 0 Å². The summed E-state index contributed by atoms with van der Waals surface area (Å²) in [5.74, 6) is 0.269. The molecule has 4 heteroatoms. The first-order chi connectivity index (χ1) is 5.11. The van der Waals surface area contributed by atoms with Gasteiger partial charge in [0.25, 0.3) is 0 Å². The fourth-order valence-corrected chi connectivity index (χ4v) is 0.852. The third-order valence-electron chi connectivity index (χ3n) is 1.39. The lowest BCUT2D eigenvalue weighted by Crippen LogP contribution is -2.25. The van der Waals surface area contributed by atoms with Crippen molar-refractivity contribution in [3.05, 3.63) is 11.9 Å². The molecule has 1 aromatic heterocycles. The molecule has 0 saturated heterocycles. The molecule has 0 unspecified atom stereocenters. The number of rotatable bonds is 1. The van der Waals surface area contributed by atoms with Crippen LogP contribution in [0.25, 0.3) is 0 Å².